The van der Waals surface area contributed by atoms with Crippen LogP contribution in [0.2, 0.25) is 10.0 Å². The summed E-state index contributed by atoms with van der Waals surface area (Å²) >= 11 is 12.1. The van der Waals surface area contributed by atoms with Gasteiger partial charge in [0.1, 0.15) is 0 Å². The minimum atomic E-state index is -0.361. The first-order valence-electron chi connectivity index (χ1n) is 11.4. The van der Waals surface area contributed by atoms with E-state index in [2.05, 4.69) is 33.7 Å². The number of methoxy groups -OCH3 is 1. The normalized spacial score (nSPS) is 12.7. The number of benzene rings is 3. The molecule has 1 aliphatic heterocycles. The molecule has 6 nitrogen and oxygen atoms in total. The minimum absolute atomic E-state index is 0.197. The summed E-state index contributed by atoms with van der Waals surface area (Å²) < 4.78 is 5.08. The molecule has 0 spiro atoms. The number of rotatable bonds is 8. The maximum atomic E-state index is 13.2. The smallest absolute Gasteiger partial charge is 0.255 e. The topological polar surface area (TPSA) is 70.7 Å². The van der Waals surface area contributed by atoms with Crippen LogP contribution < -0.4 is 15.5 Å². The third-order valence-corrected chi connectivity index (χ3v) is 6.34. The first-order chi connectivity index (χ1) is 16.9. The molecule has 0 aliphatic carbocycles. The molecular weight excluding hydrogens is 485 g/mol. The predicted octanol–water partition coefficient (Wildman–Crippen LogP) is 5.57. The van der Waals surface area contributed by atoms with Gasteiger partial charge >= 0.3 is 0 Å². The largest absolute Gasteiger partial charge is 0.385 e. The van der Waals surface area contributed by atoms with Crippen LogP contribution in [0.5, 0.6) is 0 Å². The SMILES string of the molecule is COCCCNC(=O)c1cc(NC(=O)c2cc(Cl)cc(Cl)c2)ccc1N1CCc2ccccc2C1. The number of carbonyl (C=O) groups is 2. The van der Waals surface area contributed by atoms with Crippen molar-refractivity contribution in [3.8, 4) is 0 Å². The van der Waals surface area contributed by atoms with E-state index in [-0.39, 0.29) is 11.8 Å². The Morgan fingerprint density at radius 2 is 1.71 bits per heavy atom. The molecule has 35 heavy (non-hydrogen) atoms. The van der Waals surface area contributed by atoms with E-state index >= 15 is 0 Å². The zero-order chi connectivity index (χ0) is 24.8. The fraction of sp³-hybridized carbons (Fsp3) is 0.259. The van der Waals surface area contributed by atoms with Crippen molar-refractivity contribution in [1.29, 1.82) is 0 Å². The number of carbonyl (C=O) groups excluding carboxylic acids is 2. The van der Waals surface area contributed by atoms with Crippen molar-refractivity contribution in [3.05, 3.63) is 93.0 Å². The van der Waals surface area contributed by atoms with Crippen LogP contribution in [0.1, 0.15) is 38.3 Å². The van der Waals surface area contributed by atoms with Crippen LogP contribution in [0.25, 0.3) is 0 Å². The molecule has 0 radical (unpaired) electrons. The Morgan fingerprint density at radius 1 is 0.971 bits per heavy atom. The highest BCUT2D eigenvalue weighted by Gasteiger charge is 2.22. The van der Waals surface area contributed by atoms with Crippen molar-refractivity contribution in [1.82, 2.24) is 5.32 Å². The van der Waals surface area contributed by atoms with E-state index in [9.17, 15) is 9.59 Å². The van der Waals surface area contributed by atoms with Crippen molar-refractivity contribution in [3.63, 3.8) is 0 Å². The second kappa shape index (κ2) is 11.6. The molecule has 3 aromatic carbocycles. The van der Waals surface area contributed by atoms with E-state index < -0.39 is 0 Å². The molecule has 8 heteroatoms. The molecule has 0 fully saturated rings. The Labute approximate surface area is 215 Å². The fourth-order valence-corrected chi connectivity index (χ4v) is 4.70. The summed E-state index contributed by atoms with van der Waals surface area (Å²) in [7, 11) is 1.63. The van der Waals surface area contributed by atoms with Crippen molar-refractivity contribution >= 4 is 46.4 Å². The van der Waals surface area contributed by atoms with E-state index in [1.165, 1.54) is 11.1 Å². The lowest BCUT2D eigenvalue weighted by Gasteiger charge is -2.32. The van der Waals surface area contributed by atoms with E-state index in [4.69, 9.17) is 27.9 Å². The molecule has 2 amide bonds. The lowest BCUT2D eigenvalue weighted by molar-refractivity contribution is 0.0947. The van der Waals surface area contributed by atoms with Crippen LogP contribution in [-0.4, -0.2) is 38.6 Å². The Balaban J connectivity index is 1.60. The molecule has 3 aromatic rings. The van der Waals surface area contributed by atoms with Gasteiger partial charge in [-0.1, -0.05) is 47.5 Å². The molecule has 1 heterocycles. The number of nitrogens with one attached hydrogen (secondary N) is 2. The molecule has 0 aromatic heterocycles. The summed E-state index contributed by atoms with van der Waals surface area (Å²) in [5.74, 6) is -0.558. The Bertz CT molecular complexity index is 1210. The number of anilines is 2. The third-order valence-electron chi connectivity index (χ3n) is 5.91. The molecule has 0 unspecified atom stereocenters. The molecule has 4 rings (SSSR count). The van der Waals surface area contributed by atoms with Gasteiger partial charge in [-0.3, -0.25) is 9.59 Å². The highest BCUT2D eigenvalue weighted by Crippen LogP contribution is 2.30. The van der Waals surface area contributed by atoms with Crippen LogP contribution in [0, 0.1) is 0 Å². The highest BCUT2D eigenvalue weighted by molar-refractivity contribution is 6.35. The quantitative estimate of drug-likeness (QED) is 0.387. The molecule has 1 aliphatic rings. The Kier molecular flexibility index (Phi) is 8.29. The number of hydrogen-bond acceptors (Lipinski definition) is 4. The van der Waals surface area contributed by atoms with Gasteiger partial charge in [-0.15, -0.1) is 0 Å². The lowest BCUT2D eigenvalue weighted by Crippen LogP contribution is -2.33. The summed E-state index contributed by atoms with van der Waals surface area (Å²) in [6.45, 7) is 2.57. The lowest BCUT2D eigenvalue weighted by atomic mass is 9.98. The van der Waals surface area contributed by atoms with Gasteiger partial charge < -0.3 is 20.3 Å². The summed E-state index contributed by atoms with van der Waals surface area (Å²) in [6.07, 6.45) is 1.61. The summed E-state index contributed by atoms with van der Waals surface area (Å²) in [5, 5.41) is 6.57. The molecule has 0 saturated heterocycles. The van der Waals surface area contributed by atoms with E-state index in [0.717, 1.165) is 18.7 Å². The number of ether oxygens (including phenoxy) is 1. The number of nitrogens with zero attached hydrogens (tertiary/aromatic N) is 1. The van der Waals surface area contributed by atoms with Gasteiger partial charge in [0.2, 0.25) is 0 Å². The number of halogens is 2. The minimum Gasteiger partial charge on any atom is -0.385 e. The van der Waals surface area contributed by atoms with Gasteiger partial charge in [0, 0.05) is 60.3 Å². The predicted molar refractivity (Wildman–Crippen MR) is 141 cm³/mol. The van der Waals surface area contributed by atoms with Gasteiger partial charge in [-0.2, -0.15) is 0 Å². The molecule has 182 valence electrons. The number of fused-ring (bicyclic) bond motifs is 1. The summed E-state index contributed by atoms with van der Waals surface area (Å²) in [6, 6.07) is 18.4. The van der Waals surface area contributed by atoms with Crippen LogP contribution in [0.3, 0.4) is 0 Å². The van der Waals surface area contributed by atoms with Gasteiger partial charge in [-0.05, 0) is 60.4 Å². The maximum absolute atomic E-state index is 13.2. The van der Waals surface area contributed by atoms with Crippen molar-refractivity contribution in [2.24, 2.45) is 0 Å². The molecule has 0 atom stereocenters. The Hall–Kier alpha value is -3.06. The van der Waals surface area contributed by atoms with Crippen LogP contribution >= 0.6 is 23.2 Å². The molecule has 0 bridgehead atoms. The van der Waals surface area contributed by atoms with Gasteiger partial charge in [0.05, 0.1) is 5.56 Å². The average molecular weight is 512 g/mol. The molecular formula is C27H27Cl2N3O3. The van der Waals surface area contributed by atoms with Crippen LogP contribution in [-0.2, 0) is 17.7 Å². The fourth-order valence-electron chi connectivity index (χ4n) is 4.17. The summed E-state index contributed by atoms with van der Waals surface area (Å²) in [5.41, 5.74) is 4.76. The first kappa shape index (κ1) is 25.0. The van der Waals surface area contributed by atoms with Crippen molar-refractivity contribution in [2.75, 3.05) is 37.0 Å². The second-order valence-corrected chi connectivity index (χ2v) is 9.26. The third kappa shape index (κ3) is 6.34. The van der Waals surface area contributed by atoms with Crippen molar-refractivity contribution in [2.45, 2.75) is 19.4 Å². The van der Waals surface area contributed by atoms with Crippen LogP contribution in [0.4, 0.5) is 11.4 Å². The molecule has 2 N–H and O–H groups in total. The Morgan fingerprint density at radius 3 is 2.46 bits per heavy atom. The highest BCUT2D eigenvalue weighted by atomic mass is 35.5. The van der Waals surface area contributed by atoms with Gasteiger partial charge in [-0.25, -0.2) is 0 Å². The zero-order valence-corrected chi connectivity index (χ0v) is 21.0. The van der Waals surface area contributed by atoms with Crippen molar-refractivity contribution < 1.29 is 14.3 Å². The second-order valence-electron chi connectivity index (χ2n) is 8.39. The zero-order valence-electron chi connectivity index (χ0n) is 19.4. The first-order valence-corrected chi connectivity index (χ1v) is 12.2. The van der Waals surface area contributed by atoms with E-state index in [1.807, 2.05) is 18.2 Å². The van der Waals surface area contributed by atoms with Crippen LogP contribution in [0.15, 0.2) is 60.7 Å². The molecule has 0 saturated carbocycles. The number of amides is 2. The summed E-state index contributed by atoms with van der Waals surface area (Å²) in [4.78, 5) is 28.2. The monoisotopic (exact) mass is 511 g/mol. The van der Waals surface area contributed by atoms with E-state index in [1.54, 1.807) is 31.4 Å². The number of hydrogen-bond donors (Lipinski definition) is 2. The standard InChI is InChI=1S/C27H27Cl2N3O3/c1-35-12-4-10-30-27(34)24-16-23(31-26(33)20-13-21(28)15-22(29)14-20)7-8-25(24)32-11-9-18-5-2-3-6-19(18)17-32/h2-3,5-8,13-16H,4,9-12,17H2,1H3,(H,30,34)(H,31,33). The van der Waals surface area contributed by atoms with E-state index in [0.29, 0.717) is 53.0 Å². The van der Waals surface area contributed by atoms with Gasteiger partial charge in [0.15, 0.2) is 0 Å². The van der Waals surface area contributed by atoms with Gasteiger partial charge in [0.25, 0.3) is 11.8 Å². The maximum Gasteiger partial charge on any atom is 0.255 e. The average Bonchev–Trinajstić information content (AvgIpc) is 2.85.